The third-order valence-electron chi connectivity index (χ3n) is 7.52. The quantitative estimate of drug-likeness (QED) is 0.0593. The van der Waals surface area contributed by atoms with Crippen LogP contribution in [-0.4, -0.2) is 33.7 Å². The zero-order valence-electron chi connectivity index (χ0n) is 24.2. The van der Waals surface area contributed by atoms with Crippen LogP contribution in [0.4, 0.5) is 8.78 Å². The normalized spacial score (nSPS) is 14.5. The molecular formula is C35H25ClF2N3O3PS. The summed E-state index contributed by atoms with van der Waals surface area (Å²) in [6.45, 7) is 0. The molecule has 2 unspecified atom stereocenters. The number of carbonyl (C=O) groups excluding carboxylic acids is 1. The largest absolute Gasteiger partial charge is 0.465 e. The van der Waals surface area contributed by atoms with Crippen LogP contribution >= 0.6 is 32.8 Å². The average molecular weight is 672 g/mol. The van der Waals surface area contributed by atoms with Crippen molar-refractivity contribution in [1.29, 1.82) is 5.41 Å². The van der Waals surface area contributed by atoms with Crippen LogP contribution in [0.1, 0.15) is 27.4 Å². The van der Waals surface area contributed by atoms with Crippen LogP contribution in [-0.2, 0) is 4.74 Å². The number of aromatic nitrogens is 1. The van der Waals surface area contributed by atoms with Gasteiger partial charge < -0.3 is 9.94 Å². The van der Waals surface area contributed by atoms with Gasteiger partial charge in [-0.25, -0.2) is 13.6 Å². The number of hydrogen-bond donors (Lipinski definition) is 2. The van der Waals surface area contributed by atoms with Crippen LogP contribution in [0, 0.1) is 11.2 Å². The average Bonchev–Trinajstić information content (AvgIpc) is 3.36. The van der Waals surface area contributed by atoms with Crippen LogP contribution in [0.5, 0.6) is 0 Å². The predicted octanol–water partition coefficient (Wildman–Crippen LogP) is 9.76. The predicted molar refractivity (Wildman–Crippen MR) is 184 cm³/mol. The molecule has 4 aromatic carbocycles. The van der Waals surface area contributed by atoms with E-state index in [0.717, 1.165) is 16.0 Å². The van der Waals surface area contributed by atoms with Gasteiger partial charge in [0.05, 0.1) is 29.6 Å². The van der Waals surface area contributed by atoms with Gasteiger partial charge in [-0.2, -0.15) is 0 Å². The van der Waals surface area contributed by atoms with Gasteiger partial charge in [0.1, 0.15) is 17.4 Å². The second-order valence-electron chi connectivity index (χ2n) is 10.3. The van der Waals surface area contributed by atoms with Crippen molar-refractivity contribution in [3.63, 3.8) is 0 Å². The molecule has 46 heavy (non-hydrogen) atoms. The number of allylic oxidation sites excluding steroid dienone is 4. The van der Waals surface area contributed by atoms with Gasteiger partial charge in [-0.05, 0) is 77.7 Å². The molecule has 1 aliphatic carbocycles. The number of fused-ring (bicyclic) bond motifs is 1. The van der Waals surface area contributed by atoms with Crippen molar-refractivity contribution in [3.8, 4) is 22.4 Å². The van der Waals surface area contributed by atoms with E-state index >= 15 is 0 Å². The number of esters is 1. The number of benzene rings is 4. The molecular weight excluding hydrogens is 647 g/mol. The van der Waals surface area contributed by atoms with E-state index in [0.29, 0.717) is 49.4 Å². The first-order valence-corrected chi connectivity index (χ1v) is 15.7. The number of hydrogen-bond acceptors (Lipinski definition) is 6. The molecule has 0 saturated carbocycles. The summed E-state index contributed by atoms with van der Waals surface area (Å²) in [5.41, 5.74) is 5.30. The van der Waals surface area contributed by atoms with Gasteiger partial charge in [-0.3, -0.25) is 9.38 Å². The molecule has 11 heteroatoms. The van der Waals surface area contributed by atoms with Crippen molar-refractivity contribution in [2.24, 2.45) is 5.16 Å². The second kappa shape index (κ2) is 13.0. The van der Waals surface area contributed by atoms with Gasteiger partial charge in [-0.15, -0.1) is 0 Å². The lowest BCUT2D eigenvalue weighted by molar-refractivity contribution is 0.0600. The third-order valence-corrected chi connectivity index (χ3v) is 9.27. The molecule has 2 atom stereocenters. The lowest BCUT2D eigenvalue weighted by atomic mass is 9.89. The summed E-state index contributed by atoms with van der Waals surface area (Å²) in [6, 6.07) is 24.0. The van der Waals surface area contributed by atoms with E-state index in [1.165, 1.54) is 37.3 Å². The van der Waals surface area contributed by atoms with Crippen LogP contribution in [0.2, 0.25) is 5.02 Å². The van der Waals surface area contributed by atoms with Crippen molar-refractivity contribution in [1.82, 2.24) is 3.97 Å². The second-order valence-corrected chi connectivity index (χ2v) is 12.3. The molecule has 5 aromatic rings. The highest BCUT2D eigenvalue weighted by molar-refractivity contribution is 7.98. The highest BCUT2D eigenvalue weighted by atomic mass is 35.5. The lowest BCUT2D eigenvalue weighted by Gasteiger charge is -2.17. The zero-order chi connectivity index (χ0) is 32.5. The Hall–Kier alpha value is -4.56. The van der Waals surface area contributed by atoms with Crippen molar-refractivity contribution < 1.29 is 23.5 Å². The van der Waals surface area contributed by atoms with E-state index in [-0.39, 0.29) is 11.4 Å². The molecule has 0 radical (unpaired) electrons. The smallest absolute Gasteiger partial charge is 0.337 e. The van der Waals surface area contributed by atoms with Gasteiger partial charge in [0.15, 0.2) is 0 Å². The van der Waals surface area contributed by atoms with E-state index in [4.69, 9.17) is 21.7 Å². The Kier molecular flexibility index (Phi) is 8.91. The number of methoxy groups -OCH3 is 1. The molecule has 1 aliphatic rings. The molecule has 0 spiro atoms. The lowest BCUT2D eigenvalue weighted by Crippen LogP contribution is -2.16. The third kappa shape index (κ3) is 5.89. The molecule has 1 heterocycles. The number of nitrogens with zero attached hydrogens (tertiary/aromatic N) is 2. The Morgan fingerprint density at radius 3 is 2.52 bits per heavy atom. The molecule has 0 fully saturated rings. The van der Waals surface area contributed by atoms with Crippen molar-refractivity contribution in [3.05, 3.63) is 131 Å². The summed E-state index contributed by atoms with van der Waals surface area (Å²) in [5.74, 6) is -2.17. The summed E-state index contributed by atoms with van der Waals surface area (Å²) in [6.07, 6.45) is 4.92. The van der Waals surface area contributed by atoms with Gasteiger partial charge in [0.2, 0.25) is 0 Å². The van der Waals surface area contributed by atoms with Crippen molar-refractivity contribution in [2.75, 3.05) is 7.11 Å². The van der Waals surface area contributed by atoms with Crippen LogP contribution in [0.25, 0.3) is 38.9 Å². The van der Waals surface area contributed by atoms with Crippen LogP contribution in [0.3, 0.4) is 0 Å². The summed E-state index contributed by atoms with van der Waals surface area (Å²) in [4.78, 5) is 12.9. The zero-order valence-corrected chi connectivity index (χ0v) is 26.9. The number of ether oxygens (including phenoxy) is 1. The van der Waals surface area contributed by atoms with Gasteiger partial charge in [0.25, 0.3) is 0 Å². The Labute approximate surface area is 274 Å². The molecule has 0 bridgehead atoms. The first kappa shape index (κ1) is 31.4. The van der Waals surface area contributed by atoms with E-state index in [1.54, 1.807) is 48.6 Å². The molecule has 2 N–H and O–H groups in total. The van der Waals surface area contributed by atoms with E-state index < -0.39 is 17.7 Å². The van der Waals surface area contributed by atoms with Gasteiger partial charge >= 0.3 is 5.97 Å². The molecule has 0 amide bonds. The van der Waals surface area contributed by atoms with Gasteiger partial charge in [0, 0.05) is 37.6 Å². The number of nitrogens with one attached hydrogen (secondary N) is 1. The van der Waals surface area contributed by atoms with Crippen molar-refractivity contribution >= 4 is 66.7 Å². The topological polar surface area (TPSA) is 87.7 Å². The van der Waals surface area contributed by atoms with E-state index in [1.807, 2.05) is 40.4 Å². The highest BCUT2D eigenvalue weighted by Gasteiger charge is 2.28. The molecule has 230 valence electrons. The fourth-order valence-corrected chi connectivity index (χ4v) is 6.89. The van der Waals surface area contributed by atoms with Crippen LogP contribution in [0.15, 0.2) is 113 Å². The van der Waals surface area contributed by atoms with Crippen LogP contribution < -0.4 is 0 Å². The molecule has 6 nitrogen and oxygen atoms in total. The Balaban J connectivity index is 1.62. The Morgan fingerprint density at radius 1 is 1.07 bits per heavy atom. The highest BCUT2D eigenvalue weighted by Crippen LogP contribution is 2.45. The number of alkyl halides is 1. The minimum Gasteiger partial charge on any atom is -0.465 e. The molecule has 0 saturated heterocycles. The molecule has 6 rings (SSSR count). The molecule has 0 aliphatic heterocycles. The first-order valence-electron chi connectivity index (χ1n) is 13.9. The number of rotatable bonds is 7. The SMILES string of the molecule is COC(=O)c1ccc(-c2cccc(-c3c(C4=CC=CC(=N)/C4=N\O)c4cc(F)ccc4n3Sc3ccc(C(F)P)cc3)c2)c(Cl)c1. The number of oxime groups is 1. The maximum absolute atomic E-state index is 14.9. The Bertz CT molecular complexity index is 2120. The maximum Gasteiger partial charge on any atom is 0.337 e. The summed E-state index contributed by atoms with van der Waals surface area (Å²) in [5, 5.41) is 22.8. The number of carbonyl (C=O) groups is 1. The van der Waals surface area contributed by atoms with Crippen molar-refractivity contribution in [2.45, 2.75) is 10.8 Å². The monoisotopic (exact) mass is 671 g/mol. The minimum absolute atomic E-state index is 0.00376. The standard InChI is InChI=1S/C35H25ClF2N3O3PS/c1-44-35(42)22-10-14-25(28(36)17-22)20-4-2-5-21(16-20)33-31(26-6-3-7-29(39)32(26)40-43)27-18-23(37)11-15-30(27)41(33)46-24-12-8-19(9-13-24)34(38)45/h2-18,34,39,43H,45H2,1H3/b39-29?,40-32-. The maximum atomic E-state index is 14.9. The fraction of sp³-hybridized carbons (Fsp3) is 0.0571. The minimum atomic E-state index is -1.20. The number of halogens is 3. The van der Waals surface area contributed by atoms with E-state index in [9.17, 15) is 18.8 Å². The summed E-state index contributed by atoms with van der Waals surface area (Å²) in [7, 11) is 3.44. The summed E-state index contributed by atoms with van der Waals surface area (Å²) < 4.78 is 35.6. The van der Waals surface area contributed by atoms with Gasteiger partial charge in [-0.1, -0.05) is 74.5 Å². The Morgan fingerprint density at radius 2 is 1.83 bits per heavy atom. The fourth-order valence-electron chi connectivity index (χ4n) is 5.36. The summed E-state index contributed by atoms with van der Waals surface area (Å²) >= 11 is 8.01. The first-order chi connectivity index (χ1) is 22.2. The van der Waals surface area contributed by atoms with E-state index in [2.05, 4.69) is 14.4 Å². The molecule has 1 aromatic heterocycles.